The molecule has 0 aliphatic carbocycles. The fourth-order valence-electron chi connectivity index (χ4n) is 9.72. The number of nitrogen functional groups attached to an aromatic ring is 2. The van der Waals surface area contributed by atoms with Gasteiger partial charge in [-0.3, -0.25) is 0 Å². The number of nitrogens with two attached hydrogens (primary N) is 2. The molecule has 59 heavy (non-hydrogen) atoms. The maximum absolute atomic E-state index is 6.25. The van der Waals surface area contributed by atoms with Gasteiger partial charge in [0, 0.05) is 29.1 Å². The van der Waals surface area contributed by atoms with Gasteiger partial charge in [0.05, 0.1) is 0 Å². The van der Waals surface area contributed by atoms with Crippen LogP contribution in [-0.4, -0.2) is 0 Å². The Kier molecular flexibility index (Phi) is 22.9. The van der Waals surface area contributed by atoms with E-state index in [2.05, 4.69) is 120 Å². The Morgan fingerprint density at radius 1 is 0.322 bits per heavy atom. The Morgan fingerprint density at radius 3 is 0.881 bits per heavy atom. The molecule has 0 fully saturated rings. The largest absolute Gasteiger partial charge is 0.399 e. The van der Waals surface area contributed by atoms with Crippen LogP contribution in [0.3, 0.4) is 0 Å². The normalized spacial score (nSPS) is 13.1. The molecule has 0 saturated heterocycles. The quantitative estimate of drug-likeness (QED) is 0.0394. The van der Waals surface area contributed by atoms with E-state index in [1.54, 1.807) is 0 Å². The van der Waals surface area contributed by atoms with Crippen LogP contribution in [0.25, 0.3) is 0 Å². The summed E-state index contributed by atoms with van der Waals surface area (Å²) in [5.74, 6) is 1.20. The highest BCUT2D eigenvalue weighted by molar-refractivity contribution is 5.50. The lowest BCUT2D eigenvalue weighted by Crippen LogP contribution is -2.07. The molecular weight excluding hydrogens is 713 g/mol. The average Bonchev–Trinajstić information content (AvgIpc) is 3.23. The monoisotopic (exact) mass is 799 g/mol. The lowest BCUT2D eigenvalue weighted by molar-refractivity contribution is 0.544. The Labute approximate surface area is 363 Å². The van der Waals surface area contributed by atoms with Crippen molar-refractivity contribution in [1.82, 2.24) is 0 Å². The molecule has 2 heteroatoms. The fraction of sp³-hybridized carbons (Fsp3) is 0.579. The zero-order chi connectivity index (χ0) is 42.1. The molecule has 4 aromatic rings. The molecule has 4 rings (SSSR count). The van der Waals surface area contributed by atoms with Crippen molar-refractivity contribution in [2.45, 2.75) is 213 Å². The third-order valence-corrected chi connectivity index (χ3v) is 13.4. The maximum atomic E-state index is 6.25. The van der Waals surface area contributed by atoms with E-state index in [1.165, 1.54) is 205 Å². The van der Waals surface area contributed by atoms with Gasteiger partial charge in [-0.05, 0) is 102 Å². The SMILES string of the molecule is CCCCCCCCCCCC(c1ccc(C(CCCCCC)c2ccc(C(CCCCCCCCCCC)c3ccc(N)cc3C)cc2)cc1)c1ccc(N)cc1C. The summed E-state index contributed by atoms with van der Waals surface area (Å²) in [5.41, 5.74) is 25.5. The molecule has 0 aliphatic rings. The summed E-state index contributed by atoms with van der Waals surface area (Å²) in [4.78, 5) is 0. The van der Waals surface area contributed by atoms with Gasteiger partial charge in [0.15, 0.2) is 0 Å². The summed E-state index contributed by atoms with van der Waals surface area (Å²) >= 11 is 0. The first-order valence-corrected chi connectivity index (χ1v) is 24.8. The van der Waals surface area contributed by atoms with E-state index in [0.29, 0.717) is 17.8 Å². The molecule has 0 amide bonds. The lowest BCUT2D eigenvalue weighted by Gasteiger charge is -2.24. The molecule has 0 aliphatic heterocycles. The zero-order valence-electron chi connectivity index (χ0n) is 38.6. The minimum atomic E-state index is 0.399. The molecule has 2 unspecified atom stereocenters. The topological polar surface area (TPSA) is 52.0 Å². The Bertz CT molecular complexity index is 1560. The van der Waals surface area contributed by atoms with Crippen molar-refractivity contribution in [3.05, 3.63) is 129 Å². The van der Waals surface area contributed by atoms with Crippen molar-refractivity contribution in [2.75, 3.05) is 11.5 Å². The van der Waals surface area contributed by atoms with Crippen LogP contribution < -0.4 is 11.5 Å². The Balaban J connectivity index is 1.51. The van der Waals surface area contributed by atoms with Gasteiger partial charge >= 0.3 is 0 Å². The molecule has 4 aromatic carbocycles. The van der Waals surface area contributed by atoms with E-state index >= 15 is 0 Å². The predicted molar refractivity (Wildman–Crippen MR) is 262 cm³/mol. The standard InChI is InChI=1S/C57H86N2/c1-6-9-12-15-17-19-21-23-26-29-56(53-41-39-51(58)43-45(53)4)49-35-31-47(32-36-49)55(28-25-14-11-8-3)48-33-37-50(38-34-48)57(54-42-40-52(59)44-46(54)5)30-27-24-22-20-18-16-13-10-7-2/h31-44,55-57H,6-30,58-59H2,1-5H3. The molecular formula is C57H86N2. The molecule has 0 spiro atoms. The van der Waals surface area contributed by atoms with E-state index in [0.717, 1.165) is 11.4 Å². The molecule has 0 heterocycles. The second kappa shape index (κ2) is 28.1. The summed E-state index contributed by atoms with van der Waals surface area (Å²) in [7, 11) is 0. The van der Waals surface area contributed by atoms with Crippen molar-refractivity contribution in [2.24, 2.45) is 0 Å². The van der Waals surface area contributed by atoms with Crippen LogP contribution in [0.4, 0.5) is 11.4 Å². The van der Waals surface area contributed by atoms with Crippen molar-refractivity contribution < 1.29 is 0 Å². The summed E-state index contributed by atoms with van der Waals surface area (Å²) < 4.78 is 0. The number of benzene rings is 4. The average molecular weight is 799 g/mol. The smallest absolute Gasteiger partial charge is 0.0316 e. The van der Waals surface area contributed by atoms with E-state index < -0.39 is 0 Å². The maximum Gasteiger partial charge on any atom is 0.0316 e. The Hall–Kier alpha value is -3.52. The highest BCUT2D eigenvalue weighted by atomic mass is 14.5. The molecule has 0 bridgehead atoms. The van der Waals surface area contributed by atoms with Crippen LogP contribution >= 0.6 is 0 Å². The van der Waals surface area contributed by atoms with Crippen molar-refractivity contribution in [3.63, 3.8) is 0 Å². The summed E-state index contributed by atoms with van der Waals surface area (Å²) in [6, 6.07) is 32.8. The molecule has 0 saturated carbocycles. The molecule has 0 aromatic heterocycles. The third kappa shape index (κ3) is 16.8. The van der Waals surface area contributed by atoms with Crippen LogP contribution in [0.2, 0.25) is 0 Å². The van der Waals surface area contributed by atoms with Gasteiger partial charge in [-0.2, -0.15) is 0 Å². The molecule has 2 atom stereocenters. The number of hydrogen-bond donors (Lipinski definition) is 2. The van der Waals surface area contributed by atoms with Gasteiger partial charge in [-0.15, -0.1) is 0 Å². The van der Waals surface area contributed by atoms with Crippen molar-refractivity contribution in [1.29, 1.82) is 0 Å². The minimum absolute atomic E-state index is 0.399. The van der Waals surface area contributed by atoms with Gasteiger partial charge < -0.3 is 11.5 Å². The van der Waals surface area contributed by atoms with Crippen molar-refractivity contribution in [3.8, 4) is 0 Å². The van der Waals surface area contributed by atoms with Gasteiger partial charge in [0.25, 0.3) is 0 Å². The van der Waals surface area contributed by atoms with Crippen LogP contribution in [0, 0.1) is 13.8 Å². The van der Waals surface area contributed by atoms with Crippen LogP contribution in [0.15, 0.2) is 84.9 Å². The van der Waals surface area contributed by atoms with E-state index in [4.69, 9.17) is 11.5 Å². The first-order valence-electron chi connectivity index (χ1n) is 24.8. The summed E-state index contributed by atoms with van der Waals surface area (Å²) in [6.45, 7) is 11.4. The van der Waals surface area contributed by atoms with E-state index in [1.807, 2.05) is 0 Å². The number of anilines is 2. The number of rotatable bonds is 31. The van der Waals surface area contributed by atoms with Crippen LogP contribution in [0.5, 0.6) is 0 Å². The van der Waals surface area contributed by atoms with Gasteiger partial charge in [0.1, 0.15) is 0 Å². The highest BCUT2D eigenvalue weighted by Gasteiger charge is 2.21. The van der Waals surface area contributed by atoms with E-state index in [9.17, 15) is 0 Å². The number of unbranched alkanes of at least 4 members (excludes halogenated alkanes) is 19. The molecule has 0 radical (unpaired) electrons. The number of hydrogen-bond acceptors (Lipinski definition) is 2. The number of aryl methyl sites for hydroxylation is 2. The third-order valence-electron chi connectivity index (χ3n) is 13.4. The minimum Gasteiger partial charge on any atom is -0.399 e. The first-order chi connectivity index (χ1) is 28.9. The van der Waals surface area contributed by atoms with Crippen LogP contribution in [-0.2, 0) is 0 Å². The molecule has 324 valence electrons. The van der Waals surface area contributed by atoms with Gasteiger partial charge in [-0.25, -0.2) is 0 Å². The highest BCUT2D eigenvalue weighted by Crippen LogP contribution is 2.38. The predicted octanol–water partition coefficient (Wildman–Crippen LogP) is 17.7. The van der Waals surface area contributed by atoms with Crippen molar-refractivity contribution >= 4 is 11.4 Å². The molecule has 2 nitrogen and oxygen atoms in total. The van der Waals surface area contributed by atoms with Gasteiger partial charge in [0.2, 0.25) is 0 Å². The zero-order valence-corrected chi connectivity index (χ0v) is 38.6. The van der Waals surface area contributed by atoms with E-state index in [-0.39, 0.29) is 0 Å². The van der Waals surface area contributed by atoms with Gasteiger partial charge in [-0.1, -0.05) is 223 Å². The van der Waals surface area contributed by atoms with Crippen LogP contribution in [0.1, 0.15) is 244 Å². The Morgan fingerprint density at radius 2 is 0.576 bits per heavy atom. The fourth-order valence-corrected chi connectivity index (χ4v) is 9.72. The molecule has 4 N–H and O–H groups in total. The second-order valence-corrected chi connectivity index (χ2v) is 18.3. The lowest BCUT2D eigenvalue weighted by atomic mass is 9.80. The summed E-state index contributed by atoms with van der Waals surface area (Å²) in [6.07, 6.45) is 33.2. The first kappa shape index (κ1) is 48.1. The summed E-state index contributed by atoms with van der Waals surface area (Å²) in [5, 5.41) is 0. The second-order valence-electron chi connectivity index (χ2n) is 18.3.